The van der Waals surface area contributed by atoms with Crippen molar-refractivity contribution in [1.82, 2.24) is 31.8 Å². The highest BCUT2D eigenvalue weighted by molar-refractivity contribution is 5.99. The number of hydrazine groups is 3. The van der Waals surface area contributed by atoms with Crippen molar-refractivity contribution in [2.75, 3.05) is 17.2 Å². The second-order valence-corrected chi connectivity index (χ2v) is 12.2. The standard InChI is InChI=1S/C32H33FN10/c1-31(2,3)19-37-29-22(16-35)17-36-28-21(15-34)13-24(14-25(28)29)39-30(20-6-8-23(33)9-7-20)26-18-43(42-40-26)32(10-11-32)27-5-4-12-38-41-27/h4-9,12-14,17-18,30,38-42H,10-11,19H2,1-3H3,(H,36,37)/t30-/m0/s1. The van der Waals surface area contributed by atoms with Crippen LogP contribution in [0.3, 0.4) is 0 Å². The van der Waals surface area contributed by atoms with E-state index in [0.29, 0.717) is 39.9 Å². The smallest absolute Gasteiger partial charge is 0.123 e. The Morgan fingerprint density at radius 2 is 1.86 bits per heavy atom. The fourth-order valence-electron chi connectivity index (χ4n) is 5.35. The summed E-state index contributed by atoms with van der Waals surface area (Å²) in [5.74, 6) is -0.328. The molecule has 1 saturated carbocycles. The lowest BCUT2D eigenvalue weighted by atomic mass is 9.96. The van der Waals surface area contributed by atoms with Crippen molar-refractivity contribution in [3.05, 3.63) is 101 Å². The summed E-state index contributed by atoms with van der Waals surface area (Å²) in [6, 6.07) is 14.1. The molecule has 0 unspecified atom stereocenters. The number of allylic oxidation sites excluding steroid dienone is 2. The summed E-state index contributed by atoms with van der Waals surface area (Å²) < 4.78 is 14.0. The van der Waals surface area contributed by atoms with E-state index in [1.54, 1.807) is 18.2 Å². The van der Waals surface area contributed by atoms with Crippen molar-refractivity contribution in [3.8, 4) is 12.1 Å². The van der Waals surface area contributed by atoms with Crippen LogP contribution in [0.2, 0.25) is 0 Å². The van der Waals surface area contributed by atoms with E-state index in [2.05, 4.69) is 81.4 Å². The van der Waals surface area contributed by atoms with Gasteiger partial charge in [0.15, 0.2) is 0 Å². The number of fused-ring (bicyclic) bond motifs is 1. The van der Waals surface area contributed by atoms with Crippen LogP contribution in [-0.4, -0.2) is 22.1 Å². The van der Waals surface area contributed by atoms with Crippen molar-refractivity contribution < 1.29 is 4.39 Å². The first-order valence-corrected chi connectivity index (χ1v) is 14.2. The molecule has 1 atom stereocenters. The topological polar surface area (TPSA) is 136 Å². The normalized spacial score (nSPS) is 17.4. The third-order valence-electron chi connectivity index (χ3n) is 7.76. The molecule has 2 aliphatic heterocycles. The summed E-state index contributed by atoms with van der Waals surface area (Å²) in [5.41, 5.74) is 17.9. The number of hydrogen-bond donors (Lipinski definition) is 6. The van der Waals surface area contributed by atoms with Gasteiger partial charge in [-0.1, -0.05) is 32.9 Å². The first-order valence-electron chi connectivity index (χ1n) is 14.2. The summed E-state index contributed by atoms with van der Waals surface area (Å²) in [6.07, 6.45) is 11.3. The van der Waals surface area contributed by atoms with Gasteiger partial charge in [-0.15, -0.1) is 5.53 Å². The quantitative estimate of drug-likeness (QED) is 0.219. The Bertz CT molecular complexity index is 1730. The minimum absolute atomic E-state index is 0.0438. The van der Waals surface area contributed by atoms with Crippen LogP contribution in [0.5, 0.6) is 0 Å². The monoisotopic (exact) mass is 576 g/mol. The van der Waals surface area contributed by atoms with E-state index in [-0.39, 0.29) is 16.8 Å². The molecule has 1 aromatic heterocycles. The van der Waals surface area contributed by atoms with Crippen molar-refractivity contribution in [2.45, 2.75) is 45.2 Å². The average molecular weight is 577 g/mol. The molecule has 6 N–H and O–H groups in total. The molecule has 1 fully saturated rings. The summed E-state index contributed by atoms with van der Waals surface area (Å²) in [6.45, 7) is 6.94. The summed E-state index contributed by atoms with van der Waals surface area (Å²) >= 11 is 0. The number of nitriles is 2. The van der Waals surface area contributed by atoms with Gasteiger partial charge in [-0.2, -0.15) is 10.5 Å². The predicted molar refractivity (Wildman–Crippen MR) is 164 cm³/mol. The molecule has 0 saturated heterocycles. The molecule has 0 radical (unpaired) electrons. The van der Waals surface area contributed by atoms with Gasteiger partial charge < -0.3 is 26.9 Å². The summed E-state index contributed by atoms with van der Waals surface area (Å²) in [5, 5.41) is 29.7. The lowest BCUT2D eigenvalue weighted by molar-refractivity contribution is 0.194. The zero-order valence-corrected chi connectivity index (χ0v) is 24.2. The van der Waals surface area contributed by atoms with Crippen LogP contribution in [0.15, 0.2) is 78.5 Å². The van der Waals surface area contributed by atoms with Gasteiger partial charge >= 0.3 is 0 Å². The van der Waals surface area contributed by atoms with Gasteiger partial charge in [0.05, 0.1) is 45.3 Å². The van der Waals surface area contributed by atoms with E-state index in [0.717, 1.165) is 29.8 Å². The number of halogens is 1. The summed E-state index contributed by atoms with van der Waals surface area (Å²) in [7, 11) is 0. The van der Waals surface area contributed by atoms with Crippen LogP contribution < -0.4 is 32.4 Å². The maximum absolute atomic E-state index is 14.0. The SMILES string of the molecule is CC(C)(C)CNc1c(C#N)cnc2c(C#N)cc(N[C@H](C3=CN(C4(C5=CC=CNN5)CC4)NN3)c3ccc(F)cc3)cc12. The second kappa shape index (κ2) is 10.9. The van der Waals surface area contributed by atoms with E-state index in [1.807, 2.05) is 24.5 Å². The number of nitrogens with zero attached hydrogens (tertiary/aromatic N) is 4. The number of rotatable bonds is 8. The minimum atomic E-state index is -0.428. The van der Waals surface area contributed by atoms with E-state index < -0.39 is 6.04 Å². The van der Waals surface area contributed by atoms with E-state index in [4.69, 9.17) is 0 Å². The Balaban J connectivity index is 1.40. The highest BCUT2D eigenvalue weighted by Crippen LogP contribution is 2.47. The largest absolute Gasteiger partial charge is 0.383 e. The molecule has 0 bridgehead atoms. The molecular formula is C32H33FN10. The highest BCUT2D eigenvalue weighted by Gasteiger charge is 2.52. The van der Waals surface area contributed by atoms with Gasteiger partial charge in [-0.25, -0.2) is 4.39 Å². The van der Waals surface area contributed by atoms with Gasteiger partial charge in [-0.3, -0.25) is 9.99 Å². The van der Waals surface area contributed by atoms with Gasteiger partial charge in [-0.05, 0) is 60.2 Å². The van der Waals surface area contributed by atoms with Crippen LogP contribution in [0.4, 0.5) is 15.8 Å². The first kappa shape index (κ1) is 27.9. The predicted octanol–water partition coefficient (Wildman–Crippen LogP) is 4.93. The van der Waals surface area contributed by atoms with Crippen molar-refractivity contribution in [3.63, 3.8) is 0 Å². The first-order chi connectivity index (χ1) is 20.7. The van der Waals surface area contributed by atoms with Crippen molar-refractivity contribution in [2.24, 2.45) is 5.41 Å². The lowest BCUT2D eigenvalue weighted by Crippen LogP contribution is -2.50. The van der Waals surface area contributed by atoms with Gasteiger partial charge in [0, 0.05) is 36.2 Å². The van der Waals surface area contributed by atoms with E-state index >= 15 is 0 Å². The maximum atomic E-state index is 14.0. The number of benzene rings is 2. The lowest BCUT2D eigenvalue weighted by Gasteiger charge is -2.30. The Hall–Kier alpha value is -5.26. The molecule has 43 heavy (non-hydrogen) atoms. The zero-order chi connectivity index (χ0) is 30.2. The molecule has 3 aromatic rings. The molecule has 3 aliphatic rings. The fourth-order valence-corrected chi connectivity index (χ4v) is 5.35. The van der Waals surface area contributed by atoms with Crippen LogP contribution >= 0.6 is 0 Å². The molecule has 10 nitrogen and oxygen atoms in total. The maximum Gasteiger partial charge on any atom is 0.123 e. The Morgan fingerprint density at radius 3 is 2.51 bits per heavy atom. The highest BCUT2D eigenvalue weighted by atomic mass is 19.1. The van der Waals surface area contributed by atoms with Crippen LogP contribution in [0, 0.1) is 33.9 Å². The molecule has 1 aliphatic carbocycles. The van der Waals surface area contributed by atoms with Crippen molar-refractivity contribution in [1.29, 1.82) is 10.5 Å². The van der Waals surface area contributed by atoms with Gasteiger partial charge in [0.1, 0.15) is 18.0 Å². The Labute approximate surface area is 249 Å². The van der Waals surface area contributed by atoms with Crippen molar-refractivity contribution >= 4 is 22.3 Å². The number of nitrogens with one attached hydrogen (secondary N) is 6. The number of pyridine rings is 1. The second-order valence-electron chi connectivity index (χ2n) is 12.2. The molecule has 11 heteroatoms. The van der Waals surface area contributed by atoms with Crippen LogP contribution in [0.1, 0.15) is 56.3 Å². The van der Waals surface area contributed by atoms with E-state index in [1.165, 1.54) is 18.3 Å². The molecular weight excluding hydrogens is 543 g/mol. The molecule has 0 amide bonds. The molecule has 0 spiro atoms. The Kier molecular flexibility index (Phi) is 7.04. The molecule has 3 heterocycles. The van der Waals surface area contributed by atoms with Crippen LogP contribution in [-0.2, 0) is 0 Å². The number of anilines is 2. The van der Waals surface area contributed by atoms with Gasteiger partial charge in [0.2, 0.25) is 0 Å². The van der Waals surface area contributed by atoms with E-state index in [9.17, 15) is 14.9 Å². The third kappa shape index (κ3) is 5.51. The molecule has 6 rings (SSSR count). The Morgan fingerprint density at radius 1 is 1.09 bits per heavy atom. The fraction of sp³-hybridized carbons (Fsp3) is 0.281. The number of aromatic nitrogens is 1. The zero-order valence-electron chi connectivity index (χ0n) is 24.2. The summed E-state index contributed by atoms with van der Waals surface area (Å²) in [4.78, 5) is 4.47. The van der Waals surface area contributed by atoms with Gasteiger partial charge in [0.25, 0.3) is 0 Å². The average Bonchev–Trinajstić information content (AvgIpc) is 3.68. The molecule has 2 aromatic carbocycles. The van der Waals surface area contributed by atoms with Crippen LogP contribution in [0.25, 0.3) is 10.9 Å². The molecule has 218 valence electrons. The third-order valence-corrected chi connectivity index (χ3v) is 7.76. The minimum Gasteiger partial charge on any atom is -0.383 e. The number of hydrogen-bond acceptors (Lipinski definition) is 10.